The number of hydrogen-bond acceptors (Lipinski definition) is 8. The van der Waals surface area contributed by atoms with E-state index in [1.807, 2.05) is 33.8 Å². The summed E-state index contributed by atoms with van der Waals surface area (Å²) < 4.78 is 25.1. The Kier molecular flexibility index (Phi) is 9.80. The summed E-state index contributed by atoms with van der Waals surface area (Å²) in [5, 5.41) is 11.1. The van der Waals surface area contributed by atoms with Gasteiger partial charge in [0.2, 0.25) is 5.91 Å². The lowest BCUT2D eigenvalue weighted by atomic mass is 9.90. The molecule has 5 atom stereocenters. The summed E-state index contributed by atoms with van der Waals surface area (Å²) in [4.78, 5) is 40.4. The van der Waals surface area contributed by atoms with Crippen LogP contribution in [0.3, 0.4) is 0 Å². The molecule has 10 nitrogen and oxygen atoms in total. The summed E-state index contributed by atoms with van der Waals surface area (Å²) in [5.74, 6) is -0.438. The molecule has 0 bridgehead atoms. The van der Waals surface area contributed by atoms with Gasteiger partial charge in [-0.05, 0) is 65.3 Å². The molecule has 3 aliphatic heterocycles. The van der Waals surface area contributed by atoms with Gasteiger partial charge in [-0.25, -0.2) is 9.18 Å². The van der Waals surface area contributed by atoms with Crippen molar-refractivity contribution in [3.8, 4) is 0 Å². The highest BCUT2D eigenvalue weighted by atomic mass is 19.1. The first kappa shape index (κ1) is 34.2. The quantitative estimate of drug-likeness (QED) is 0.499. The van der Waals surface area contributed by atoms with Gasteiger partial charge in [-0.3, -0.25) is 19.6 Å². The van der Waals surface area contributed by atoms with E-state index in [1.54, 1.807) is 28.1 Å². The van der Waals surface area contributed by atoms with E-state index in [2.05, 4.69) is 37.5 Å². The Morgan fingerprint density at radius 1 is 1.07 bits per heavy atom. The summed E-state index contributed by atoms with van der Waals surface area (Å²) in [6, 6.07) is 7.73. The number of hydrogen-bond donors (Lipinski definition) is 1. The maximum absolute atomic E-state index is 14.2. The first-order chi connectivity index (χ1) is 21.5. The van der Waals surface area contributed by atoms with Crippen molar-refractivity contribution in [1.29, 1.82) is 0 Å². The van der Waals surface area contributed by atoms with Crippen LogP contribution in [-0.4, -0.2) is 112 Å². The molecule has 1 aromatic carbocycles. The van der Waals surface area contributed by atoms with E-state index in [0.717, 1.165) is 5.69 Å². The molecule has 2 fully saturated rings. The number of morpholine rings is 1. The third-order valence-corrected chi connectivity index (χ3v) is 9.37. The number of carbonyl (C=O) groups is 2. The van der Waals surface area contributed by atoms with Crippen LogP contribution in [-0.2, 0) is 19.7 Å². The zero-order valence-corrected chi connectivity index (χ0v) is 28.5. The minimum absolute atomic E-state index is 0.0620. The van der Waals surface area contributed by atoms with Gasteiger partial charge in [0.1, 0.15) is 17.5 Å². The van der Waals surface area contributed by atoms with Crippen molar-refractivity contribution in [1.82, 2.24) is 19.7 Å². The summed E-state index contributed by atoms with van der Waals surface area (Å²) >= 11 is 0. The van der Waals surface area contributed by atoms with Crippen LogP contribution in [0.4, 0.5) is 14.9 Å². The van der Waals surface area contributed by atoms with E-state index in [9.17, 15) is 19.1 Å². The molecular weight excluding hydrogens is 589 g/mol. The third-order valence-electron chi connectivity index (χ3n) is 9.37. The molecule has 0 spiro atoms. The Hall–Kier alpha value is -3.12. The monoisotopic (exact) mass is 639 g/mol. The average molecular weight is 640 g/mol. The van der Waals surface area contributed by atoms with Gasteiger partial charge in [0.15, 0.2) is 0 Å². The number of rotatable bonds is 6. The van der Waals surface area contributed by atoms with Gasteiger partial charge in [0, 0.05) is 67.5 Å². The fourth-order valence-electron chi connectivity index (χ4n) is 6.91. The minimum Gasteiger partial charge on any atom is -0.444 e. The molecule has 1 aromatic heterocycles. The van der Waals surface area contributed by atoms with Crippen molar-refractivity contribution in [3.63, 3.8) is 0 Å². The highest BCUT2D eigenvalue weighted by molar-refractivity contribution is 5.97. The van der Waals surface area contributed by atoms with Gasteiger partial charge in [0.05, 0.1) is 31.1 Å². The van der Waals surface area contributed by atoms with Crippen molar-refractivity contribution in [3.05, 3.63) is 59.2 Å². The predicted molar refractivity (Wildman–Crippen MR) is 174 cm³/mol. The van der Waals surface area contributed by atoms with E-state index >= 15 is 0 Å². The van der Waals surface area contributed by atoms with Gasteiger partial charge < -0.3 is 24.4 Å². The summed E-state index contributed by atoms with van der Waals surface area (Å²) in [7, 11) is 0. The Morgan fingerprint density at radius 2 is 1.72 bits per heavy atom. The molecule has 11 heteroatoms. The number of carbonyl (C=O) groups excluding carboxylic acids is 2. The molecule has 4 heterocycles. The van der Waals surface area contributed by atoms with Crippen LogP contribution in [0.5, 0.6) is 0 Å². The van der Waals surface area contributed by atoms with E-state index in [4.69, 9.17) is 14.5 Å². The molecule has 2 amide bonds. The second kappa shape index (κ2) is 13.2. The molecule has 0 radical (unpaired) electrons. The maximum atomic E-state index is 14.2. The SMILES string of the molecule is C[C@@H]1CN(CC(=O)N2CC(C)(C)c3ncc(C(O)c4ccc(F)cc4)cc32)[C@@H](CN2[C@H](C)COC[C@H]2C)CN1C(=O)OC(C)(C)C. The van der Waals surface area contributed by atoms with Crippen molar-refractivity contribution >= 4 is 17.7 Å². The molecule has 2 saturated heterocycles. The standard InChI is InChI=1S/C35H50FN5O5/c1-22-15-38(28(16-39-23(2)19-45-20-24(39)3)17-40(22)33(44)46-34(4,5)6)18-30(42)41-21-35(7,8)32-29(41)13-26(14-37-32)31(43)25-9-11-27(36)12-10-25/h9-14,22-24,28,31,43H,15-21H2,1-8H3/t22-,23-,24-,28+,31?/m1/s1. The van der Waals surface area contributed by atoms with E-state index in [-0.39, 0.29) is 53.9 Å². The van der Waals surface area contributed by atoms with Crippen LogP contribution < -0.4 is 4.90 Å². The van der Waals surface area contributed by atoms with Crippen LogP contribution in [0.2, 0.25) is 0 Å². The number of ether oxygens (including phenoxy) is 2. The normalized spacial score (nSPS) is 26.1. The van der Waals surface area contributed by atoms with Crippen LogP contribution in [0.1, 0.15) is 78.3 Å². The Labute approximate surface area is 272 Å². The number of anilines is 1. The Morgan fingerprint density at radius 3 is 2.35 bits per heavy atom. The second-order valence-electron chi connectivity index (χ2n) is 15.0. The maximum Gasteiger partial charge on any atom is 0.410 e. The molecular formula is C35H50FN5O5. The third kappa shape index (κ3) is 7.38. The number of benzene rings is 1. The van der Waals surface area contributed by atoms with Crippen molar-refractivity contribution in [2.24, 2.45) is 0 Å². The number of piperazine rings is 1. The molecule has 1 unspecified atom stereocenters. The smallest absolute Gasteiger partial charge is 0.410 e. The summed E-state index contributed by atoms with van der Waals surface area (Å²) in [5.41, 5.74) is 1.57. The molecule has 0 aliphatic carbocycles. The molecule has 252 valence electrons. The lowest BCUT2D eigenvalue weighted by molar-refractivity contribution is -0.122. The number of halogens is 1. The fraction of sp³-hybridized carbons (Fsp3) is 0.629. The number of amides is 2. The number of aliphatic hydroxyl groups excluding tert-OH is 1. The van der Waals surface area contributed by atoms with Crippen molar-refractivity contribution < 1.29 is 28.6 Å². The highest BCUT2D eigenvalue weighted by Crippen LogP contribution is 2.41. The summed E-state index contributed by atoms with van der Waals surface area (Å²) in [6.07, 6.45) is 0.288. The van der Waals surface area contributed by atoms with Crippen molar-refractivity contribution in [2.75, 3.05) is 50.8 Å². The Balaban J connectivity index is 1.39. The second-order valence-corrected chi connectivity index (χ2v) is 15.0. The van der Waals surface area contributed by atoms with E-state index in [1.165, 1.54) is 12.1 Å². The Bertz CT molecular complexity index is 1400. The van der Waals surface area contributed by atoms with Gasteiger partial charge in [-0.2, -0.15) is 0 Å². The molecule has 5 rings (SSSR count). The highest BCUT2D eigenvalue weighted by Gasteiger charge is 2.43. The van der Waals surface area contributed by atoms with Gasteiger partial charge in [0.25, 0.3) is 0 Å². The van der Waals surface area contributed by atoms with E-state index in [0.29, 0.717) is 56.2 Å². The molecule has 0 saturated carbocycles. The van der Waals surface area contributed by atoms with Crippen LogP contribution >= 0.6 is 0 Å². The van der Waals surface area contributed by atoms with Crippen LogP contribution in [0.25, 0.3) is 0 Å². The number of nitrogens with zero attached hydrogens (tertiary/aromatic N) is 5. The van der Waals surface area contributed by atoms with Gasteiger partial charge in [-0.15, -0.1) is 0 Å². The fourth-order valence-corrected chi connectivity index (χ4v) is 6.91. The number of aliphatic hydroxyl groups is 1. The predicted octanol–water partition coefficient (Wildman–Crippen LogP) is 4.35. The lowest BCUT2D eigenvalue weighted by Crippen LogP contribution is -2.65. The first-order valence-corrected chi connectivity index (χ1v) is 16.4. The molecule has 3 aliphatic rings. The van der Waals surface area contributed by atoms with Gasteiger partial charge in [-0.1, -0.05) is 26.0 Å². The molecule has 2 aromatic rings. The molecule has 46 heavy (non-hydrogen) atoms. The zero-order valence-electron chi connectivity index (χ0n) is 28.5. The lowest BCUT2D eigenvalue weighted by Gasteiger charge is -2.48. The number of pyridine rings is 1. The number of fused-ring (bicyclic) bond motifs is 1. The average Bonchev–Trinajstić information content (AvgIpc) is 3.25. The number of aromatic nitrogens is 1. The first-order valence-electron chi connectivity index (χ1n) is 16.4. The van der Waals surface area contributed by atoms with Crippen LogP contribution in [0.15, 0.2) is 36.5 Å². The zero-order chi connectivity index (χ0) is 33.6. The largest absolute Gasteiger partial charge is 0.444 e. The van der Waals surface area contributed by atoms with Crippen LogP contribution in [0, 0.1) is 5.82 Å². The molecule has 1 N–H and O–H groups in total. The minimum atomic E-state index is -1.01. The van der Waals surface area contributed by atoms with E-state index < -0.39 is 11.7 Å². The topological polar surface area (TPSA) is 98.7 Å². The summed E-state index contributed by atoms with van der Waals surface area (Å²) in [6.45, 7) is 19.6. The van der Waals surface area contributed by atoms with Crippen molar-refractivity contribution in [2.45, 2.75) is 96.7 Å². The van der Waals surface area contributed by atoms with Gasteiger partial charge >= 0.3 is 6.09 Å².